The molecule has 0 spiro atoms. The van der Waals surface area contributed by atoms with Gasteiger partial charge in [0, 0.05) is 24.2 Å². The highest BCUT2D eigenvalue weighted by Gasteiger charge is 2.49. The number of esters is 1. The molecule has 4 rings (SSSR count). The zero-order valence-corrected chi connectivity index (χ0v) is 18.2. The highest BCUT2D eigenvalue weighted by Crippen LogP contribution is 2.43. The van der Waals surface area contributed by atoms with Gasteiger partial charge in [0.15, 0.2) is 5.60 Å². The number of nitrogens with one attached hydrogen (secondary N) is 1. The fourth-order valence-electron chi connectivity index (χ4n) is 5.23. The van der Waals surface area contributed by atoms with E-state index in [0.717, 1.165) is 51.6 Å². The molecule has 31 heavy (non-hydrogen) atoms. The Morgan fingerprint density at radius 1 is 1.16 bits per heavy atom. The van der Waals surface area contributed by atoms with Crippen molar-refractivity contribution in [1.29, 1.82) is 0 Å². The average molecular weight is 424 g/mol. The third-order valence-corrected chi connectivity index (χ3v) is 7.14. The molecule has 2 heterocycles. The van der Waals surface area contributed by atoms with Crippen molar-refractivity contribution in [2.24, 2.45) is 17.8 Å². The first kappa shape index (κ1) is 21.9. The smallest absolute Gasteiger partial charge is 0.343 e. The minimum Gasteiger partial charge on any atom is -0.453 e. The molecule has 1 saturated carbocycles. The van der Waals surface area contributed by atoms with Crippen LogP contribution in [0.2, 0.25) is 0 Å². The van der Waals surface area contributed by atoms with Gasteiger partial charge in [0.25, 0.3) is 0 Å². The SMILES string of the molecule is CC(C(OC(=O)C(O)(c1ccccc1)C1CCCC1)c1cnccn1)[C@H]1CCCNC1. The summed E-state index contributed by atoms with van der Waals surface area (Å²) in [6, 6.07) is 9.26. The first-order valence-electron chi connectivity index (χ1n) is 11.6. The van der Waals surface area contributed by atoms with Gasteiger partial charge in [-0.1, -0.05) is 50.1 Å². The monoisotopic (exact) mass is 423 g/mol. The Hall–Kier alpha value is -2.31. The maximum absolute atomic E-state index is 13.7. The molecular formula is C25H33N3O3. The van der Waals surface area contributed by atoms with E-state index in [1.54, 1.807) is 18.6 Å². The van der Waals surface area contributed by atoms with Crippen LogP contribution in [-0.4, -0.2) is 34.1 Å². The molecular weight excluding hydrogens is 390 g/mol. The van der Waals surface area contributed by atoms with Crippen molar-refractivity contribution in [1.82, 2.24) is 15.3 Å². The van der Waals surface area contributed by atoms with Gasteiger partial charge < -0.3 is 15.2 Å². The standard InChI is InChI=1S/C25H33N3O3/c1-18(19-8-7-13-26-16-19)23(22-17-27-14-15-28-22)31-24(29)25(30,21-11-5-6-12-21)20-9-3-2-4-10-20/h2-4,9-10,14-15,17-19,21,23,26,30H,5-8,11-13,16H2,1H3/t18?,19-,23?,25?/m0/s1. The van der Waals surface area contributed by atoms with Crippen LogP contribution in [0.3, 0.4) is 0 Å². The number of benzene rings is 1. The second kappa shape index (κ2) is 9.88. The molecule has 1 saturated heterocycles. The first-order chi connectivity index (χ1) is 15.1. The summed E-state index contributed by atoms with van der Waals surface area (Å²) in [4.78, 5) is 22.4. The molecule has 166 valence electrons. The predicted molar refractivity (Wildman–Crippen MR) is 118 cm³/mol. The Kier molecular flexibility index (Phi) is 6.98. The summed E-state index contributed by atoms with van der Waals surface area (Å²) in [7, 11) is 0. The van der Waals surface area contributed by atoms with Gasteiger partial charge in [-0.25, -0.2) is 4.79 Å². The summed E-state index contributed by atoms with van der Waals surface area (Å²) < 4.78 is 6.16. The van der Waals surface area contributed by atoms with Gasteiger partial charge in [-0.05, 0) is 50.3 Å². The fraction of sp³-hybridized carbons (Fsp3) is 0.560. The predicted octanol–water partition coefficient (Wildman–Crippen LogP) is 3.77. The van der Waals surface area contributed by atoms with E-state index in [2.05, 4.69) is 22.2 Å². The number of carbonyl (C=O) groups excluding carboxylic acids is 1. The summed E-state index contributed by atoms with van der Waals surface area (Å²) in [6.07, 6.45) is 10.2. The van der Waals surface area contributed by atoms with Crippen molar-refractivity contribution in [2.75, 3.05) is 13.1 Å². The van der Waals surface area contributed by atoms with Crippen molar-refractivity contribution in [3.05, 3.63) is 60.2 Å². The van der Waals surface area contributed by atoms with Crippen molar-refractivity contribution >= 4 is 5.97 Å². The van der Waals surface area contributed by atoms with Crippen LogP contribution in [-0.2, 0) is 15.1 Å². The van der Waals surface area contributed by atoms with Gasteiger partial charge in [-0.15, -0.1) is 0 Å². The van der Waals surface area contributed by atoms with E-state index in [-0.39, 0.29) is 11.8 Å². The Morgan fingerprint density at radius 2 is 1.94 bits per heavy atom. The molecule has 2 N–H and O–H groups in total. The quantitative estimate of drug-likeness (QED) is 0.660. The van der Waals surface area contributed by atoms with Crippen molar-refractivity contribution < 1.29 is 14.6 Å². The van der Waals surface area contributed by atoms with Crippen molar-refractivity contribution in [3.8, 4) is 0 Å². The van der Waals surface area contributed by atoms with Crippen LogP contribution in [0.15, 0.2) is 48.9 Å². The van der Waals surface area contributed by atoms with Gasteiger partial charge in [0.1, 0.15) is 6.10 Å². The highest BCUT2D eigenvalue weighted by atomic mass is 16.6. The molecule has 6 nitrogen and oxygen atoms in total. The van der Waals surface area contributed by atoms with Crippen LogP contribution in [0, 0.1) is 17.8 Å². The maximum atomic E-state index is 13.7. The zero-order valence-electron chi connectivity index (χ0n) is 18.2. The van der Waals surface area contributed by atoms with E-state index in [4.69, 9.17) is 4.74 Å². The van der Waals surface area contributed by atoms with Crippen LogP contribution < -0.4 is 5.32 Å². The Bertz CT molecular complexity index is 836. The van der Waals surface area contributed by atoms with Crippen LogP contribution in [0.5, 0.6) is 0 Å². The first-order valence-corrected chi connectivity index (χ1v) is 11.6. The number of aliphatic hydroxyl groups is 1. The van der Waals surface area contributed by atoms with E-state index in [0.29, 0.717) is 17.2 Å². The Balaban J connectivity index is 1.64. The lowest BCUT2D eigenvalue weighted by molar-refractivity contribution is -0.184. The number of ether oxygens (including phenoxy) is 1. The molecule has 6 heteroatoms. The van der Waals surface area contributed by atoms with E-state index >= 15 is 0 Å². The molecule has 3 unspecified atom stereocenters. The summed E-state index contributed by atoms with van der Waals surface area (Å²) >= 11 is 0. The molecule has 1 aromatic carbocycles. The third-order valence-electron chi connectivity index (χ3n) is 7.14. The lowest BCUT2D eigenvalue weighted by atomic mass is 9.79. The zero-order chi connectivity index (χ0) is 21.7. The van der Waals surface area contributed by atoms with E-state index in [1.807, 2.05) is 30.3 Å². The molecule has 2 aromatic rings. The molecule has 0 radical (unpaired) electrons. The Morgan fingerprint density at radius 3 is 2.58 bits per heavy atom. The topological polar surface area (TPSA) is 84.3 Å². The number of aromatic nitrogens is 2. The fourth-order valence-corrected chi connectivity index (χ4v) is 5.23. The molecule has 2 fully saturated rings. The number of rotatable bonds is 7. The van der Waals surface area contributed by atoms with Crippen LogP contribution in [0.1, 0.15) is 62.8 Å². The highest BCUT2D eigenvalue weighted by molar-refractivity contribution is 5.82. The van der Waals surface area contributed by atoms with Crippen molar-refractivity contribution in [3.63, 3.8) is 0 Å². The molecule has 2 aliphatic rings. The maximum Gasteiger partial charge on any atom is 0.343 e. The number of hydrogen-bond acceptors (Lipinski definition) is 6. The average Bonchev–Trinajstić information content (AvgIpc) is 3.39. The summed E-state index contributed by atoms with van der Waals surface area (Å²) in [6.45, 7) is 4.02. The number of hydrogen-bond donors (Lipinski definition) is 2. The van der Waals surface area contributed by atoms with Crippen LogP contribution in [0.4, 0.5) is 0 Å². The van der Waals surface area contributed by atoms with Crippen molar-refractivity contribution in [2.45, 2.75) is 57.2 Å². The molecule has 4 atom stereocenters. The minimum absolute atomic E-state index is 0.0528. The second-order valence-electron chi connectivity index (χ2n) is 9.04. The largest absolute Gasteiger partial charge is 0.453 e. The molecule has 1 aliphatic heterocycles. The number of nitrogens with zero attached hydrogens (tertiary/aromatic N) is 2. The van der Waals surface area contributed by atoms with Gasteiger partial charge in [-0.2, -0.15) is 0 Å². The van der Waals surface area contributed by atoms with Crippen LogP contribution in [0.25, 0.3) is 0 Å². The van der Waals surface area contributed by atoms with E-state index in [9.17, 15) is 9.90 Å². The lowest BCUT2D eigenvalue weighted by Crippen LogP contribution is -2.45. The Labute approximate surface area is 184 Å². The number of carbonyl (C=O) groups is 1. The molecule has 0 amide bonds. The van der Waals surface area contributed by atoms with E-state index in [1.165, 1.54) is 0 Å². The molecule has 1 aliphatic carbocycles. The van der Waals surface area contributed by atoms with Crippen LogP contribution >= 0.6 is 0 Å². The summed E-state index contributed by atoms with van der Waals surface area (Å²) in [5, 5.41) is 15.3. The van der Waals surface area contributed by atoms with Gasteiger partial charge in [0.05, 0.1) is 11.9 Å². The van der Waals surface area contributed by atoms with Gasteiger partial charge in [0.2, 0.25) is 0 Å². The van der Waals surface area contributed by atoms with E-state index < -0.39 is 17.7 Å². The van der Waals surface area contributed by atoms with Gasteiger partial charge in [-0.3, -0.25) is 9.97 Å². The minimum atomic E-state index is -1.65. The normalized spacial score (nSPS) is 23.6. The third kappa shape index (κ3) is 4.65. The summed E-state index contributed by atoms with van der Waals surface area (Å²) in [5.74, 6) is -0.296. The number of piperidine rings is 1. The second-order valence-corrected chi connectivity index (χ2v) is 9.04. The molecule has 0 bridgehead atoms. The lowest BCUT2D eigenvalue weighted by Gasteiger charge is -2.37. The van der Waals surface area contributed by atoms with Gasteiger partial charge >= 0.3 is 5.97 Å². The summed E-state index contributed by atoms with van der Waals surface area (Å²) in [5.41, 5.74) is -0.407. The molecule has 1 aromatic heterocycles.